The van der Waals surface area contributed by atoms with Crippen LogP contribution in [0.1, 0.15) is 6.92 Å². The van der Waals surface area contributed by atoms with Gasteiger partial charge in [0.2, 0.25) is 0 Å². The van der Waals surface area contributed by atoms with Crippen LogP contribution in [0.4, 0.5) is 0 Å². The van der Waals surface area contributed by atoms with Gasteiger partial charge in [0.1, 0.15) is 0 Å². The first kappa shape index (κ1) is 6.05. The zero-order valence-electron chi connectivity index (χ0n) is 5.65. The molecule has 0 amide bonds. The molecule has 2 fully saturated rings. The Hall–Kier alpha value is -0.0800. The van der Waals surface area contributed by atoms with Crippen LogP contribution in [0.2, 0.25) is 0 Å². The number of nitrogens with zero attached hydrogens (tertiary/aromatic N) is 1. The van der Waals surface area contributed by atoms with Crippen LogP contribution >= 0.6 is 0 Å². The van der Waals surface area contributed by atoms with Crippen molar-refractivity contribution in [1.29, 1.82) is 0 Å². The fourth-order valence-corrected chi connectivity index (χ4v) is 0.218. The molecule has 0 saturated carbocycles. The molecule has 0 aromatic carbocycles. The van der Waals surface area contributed by atoms with Crippen molar-refractivity contribution >= 4 is 0 Å². The SMILES string of the molecule is CC1CN1.CN1CC1. The van der Waals surface area contributed by atoms with Gasteiger partial charge in [0.05, 0.1) is 0 Å². The zero-order valence-corrected chi connectivity index (χ0v) is 5.65. The molecular formula is C6H14N2. The van der Waals surface area contributed by atoms with Crippen LogP contribution in [-0.4, -0.2) is 37.6 Å². The summed E-state index contributed by atoms with van der Waals surface area (Å²) in [5, 5.41) is 3.10. The number of hydrogen-bond acceptors (Lipinski definition) is 2. The van der Waals surface area contributed by atoms with E-state index < -0.39 is 0 Å². The quantitative estimate of drug-likeness (QED) is 0.445. The Morgan fingerprint density at radius 1 is 1.50 bits per heavy atom. The molecule has 2 aliphatic rings. The predicted octanol–water partition coefficient (Wildman–Crippen LogP) is -0.0901. The highest BCUT2D eigenvalue weighted by atomic mass is 15.2. The van der Waals surface area contributed by atoms with E-state index in [9.17, 15) is 0 Å². The minimum atomic E-state index is 0.833. The molecule has 2 heterocycles. The summed E-state index contributed by atoms with van der Waals surface area (Å²) < 4.78 is 0. The minimum absolute atomic E-state index is 0.833. The van der Waals surface area contributed by atoms with Gasteiger partial charge >= 0.3 is 0 Å². The van der Waals surface area contributed by atoms with Crippen molar-refractivity contribution in [2.24, 2.45) is 0 Å². The van der Waals surface area contributed by atoms with Gasteiger partial charge in [-0.2, -0.15) is 0 Å². The topological polar surface area (TPSA) is 25.0 Å². The smallest absolute Gasteiger partial charge is 0.0164 e. The lowest BCUT2D eigenvalue weighted by atomic mass is 10.6. The maximum Gasteiger partial charge on any atom is 0.0164 e. The minimum Gasteiger partial charge on any atom is -0.311 e. The van der Waals surface area contributed by atoms with Gasteiger partial charge in [-0.1, -0.05) is 0 Å². The molecule has 2 aliphatic heterocycles. The number of hydrogen-bond donors (Lipinski definition) is 1. The summed E-state index contributed by atoms with van der Waals surface area (Å²) in [7, 11) is 2.11. The molecule has 2 nitrogen and oxygen atoms in total. The highest BCUT2D eigenvalue weighted by molar-refractivity contribution is 4.76. The molecule has 2 rings (SSSR count). The summed E-state index contributed by atoms with van der Waals surface area (Å²) in [6.45, 7) is 6.04. The van der Waals surface area contributed by atoms with Crippen molar-refractivity contribution in [2.45, 2.75) is 13.0 Å². The van der Waals surface area contributed by atoms with Crippen molar-refractivity contribution in [1.82, 2.24) is 10.2 Å². The van der Waals surface area contributed by atoms with E-state index in [1.165, 1.54) is 19.6 Å². The molecule has 0 radical (unpaired) electrons. The van der Waals surface area contributed by atoms with Crippen LogP contribution in [0.25, 0.3) is 0 Å². The summed E-state index contributed by atoms with van der Waals surface area (Å²) in [6.07, 6.45) is 0. The van der Waals surface area contributed by atoms with Crippen molar-refractivity contribution in [3.63, 3.8) is 0 Å². The molecule has 1 N–H and O–H groups in total. The van der Waals surface area contributed by atoms with Crippen LogP contribution in [0.3, 0.4) is 0 Å². The summed E-state index contributed by atoms with van der Waals surface area (Å²) in [5.74, 6) is 0. The Balaban J connectivity index is 0.0000000800. The van der Waals surface area contributed by atoms with Crippen LogP contribution in [0, 0.1) is 0 Å². The molecule has 1 unspecified atom stereocenters. The normalized spacial score (nSPS) is 33.0. The van der Waals surface area contributed by atoms with E-state index in [0.29, 0.717) is 0 Å². The zero-order chi connectivity index (χ0) is 5.98. The molecule has 2 heteroatoms. The maximum absolute atomic E-state index is 3.10. The van der Waals surface area contributed by atoms with E-state index in [1.807, 2.05) is 0 Å². The highest BCUT2D eigenvalue weighted by Gasteiger charge is 2.10. The average molecular weight is 114 g/mol. The second-order valence-corrected chi connectivity index (χ2v) is 2.61. The molecule has 8 heavy (non-hydrogen) atoms. The van der Waals surface area contributed by atoms with Gasteiger partial charge in [0.15, 0.2) is 0 Å². The largest absolute Gasteiger partial charge is 0.311 e. The molecule has 0 bridgehead atoms. The third-order valence-electron chi connectivity index (χ3n) is 1.28. The van der Waals surface area contributed by atoms with E-state index in [2.05, 4.69) is 24.2 Å². The van der Waals surface area contributed by atoms with Gasteiger partial charge in [0.25, 0.3) is 0 Å². The van der Waals surface area contributed by atoms with Gasteiger partial charge in [-0.15, -0.1) is 0 Å². The maximum atomic E-state index is 3.10. The number of likely N-dealkylation sites (N-methyl/N-ethyl adjacent to an activating group) is 1. The van der Waals surface area contributed by atoms with E-state index >= 15 is 0 Å². The molecule has 0 aromatic heterocycles. The second kappa shape index (κ2) is 2.46. The van der Waals surface area contributed by atoms with Gasteiger partial charge in [-0.3, -0.25) is 0 Å². The van der Waals surface area contributed by atoms with Crippen LogP contribution in [0.5, 0.6) is 0 Å². The number of nitrogens with one attached hydrogen (secondary N) is 1. The Bertz CT molecular complexity index is 54.9. The van der Waals surface area contributed by atoms with Crippen LogP contribution in [0.15, 0.2) is 0 Å². The third-order valence-corrected chi connectivity index (χ3v) is 1.28. The first-order valence-corrected chi connectivity index (χ1v) is 3.21. The Labute approximate surface area is 50.9 Å². The van der Waals surface area contributed by atoms with Crippen molar-refractivity contribution in [2.75, 3.05) is 26.7 Å². The summed E-state index contributed by atoms with van der Waals surface area (Å²) in [4.78, 5) is 2.25. The van der Waals surface area contributed by atoms with Crippen LogP contribution < -0.4 is 5.32 Å². The molecule has 1 atom stereocenters. The van der Waals surface area contributed by atoms with Gasteiger partial charge in [0, 0.05) is 25.7 Å². The molecular weight excluding hydrogens is 100 g/mol. The van der Waals surface area contributed by atoms with Crippen molar-refractivity contribution < 1.29 is 0 Å². The lowest BCUT2D eigenvalue weighted by Crippen LogP contribution is -1.75. The lowest BCUT2D eigenvalue weighted by Gasteiger charge is -1.66. The molecule has 0 spiro atoms. The Morgan fingerprint density at radius 3 is 1.75 bits per heavy atom. The lowest BCUT2D eigenvalue weighted by molar-refractivity contribution is 0.698. The van der Waals surface area contributed by atoms with Crippen LogP contribution in [-0.2, 0) is 0 Å². The van der Waals surface area contributed by atoms with E-state index in [0.717, 1.165) is 6.04 Å². The predicted molar refractivity (Wildman–Crippen MR) is 35.0 cm³/mol. The third kappa shape index (κ3) is 4.09. The van der Waals surface area contributed by atoms with Gasteiger partial charge in [-0.05, 0) is 14.0 Å². The fourth-order valence-electron chi connectivity index (χ4n) is 0.218. The van der Waals surface area contributed by atoms with Gasteiger partial charge < -0.3 is 10.2 Å². The first-order chi connectivity index (χ1) is 3.79. The summed E-state index contributed by atoms with van der Waals surface area (Å²) in [5.41, 5.74) is 0. The molecule has 2 saturated heterocycles. The van der Waals surface area contributed by atoms with E-state index in [-0.39, 0.29) is 0 Å². The van der Waals surface area contributed by atoms with Crippen molar-refractivity contribution in [3.8, 4) is 0 Å². The Morgan fingerprint density at radius 2 is 1.75 bits per heavy atom. The van der Waals surface area contributed by atoms with E-state index in [4.69, 9.17) is 0 Å². The molecule has 0 aliphatic carbocycles. The first-order valence-electron chi connectivity index (χ1n) is 3.21. The molecule has 0 aromatic rings. The summed E-state index contributed by atoms with van der Waals surface area (Å²) in [6, 6.07) is 0.833. The molecule has 48 valence electrons. The van der Waals surface area contributed by atoms with E-state index in [1.54, 1.807) is 0 Å². The van der Waals surface area contributed by atoms with Gasteiger partial charge in [-0.25, -0.2) is 0 Å². The second-order valence-electron chi connectivity index (χ2n) is 2.61. The fraction of sp³-hybridized carbons (Fsp3) is 1.00. The average Bonchev–Trinajstić information content (AvgIpc) is 2.47. The summed E-state index contributed by atoms with van der Waals surface area (Å²) >= 11 is 0. The monoisotopic (exact) mass is 114 g/mol. The standard InChI is InChI=1S/2C3H7N/c1-4-2-3-4;1-3-2-4-3/h2-3H2,1H3;3-4H,2H2,1H3. The van der Waals surface area contributed by atoms with Crippen molar-refractivity contribution in [3.05, 3.63) is 0 Å². The number of rotatable bonds is 0. The highest BCUT2D eigenvalue weighted by Crippen LogP contribution is 1.93. The Kier molecular flexibility index (Phi) is 1.86.